The lowest BCUT2D eigenvalue weighted by atomic mass is 10.5. The van der Waals surface area contributed by atoms with Crippen molar-refractivity contribution >= 4 is 17.7 Å². The van der Waals surface area contributed by atoms with Crippen molar-refractivity contribution in [3.8, 4) is 0 Å². The van der Waals surface area contributed by atoms with Crippen LogP contribution in [0.5, 0.6) is 0 Å². The number of hydrogen-bond acceptors (Lipinski definition) is 5. The van der Waals surface area contributed by atoms with E-state index in [4.69, 9.17) is 4.42 Å². The molecule has 5 heteroatoms. The van der Waals surface area contributed by atoms with Crippen LogP contribution in [-0.4, -0.2) is 16.5 Å². The fourth-order valence-electron chi connectivity index (χ4n) is 1.21. The highest BCUT2D eigenvalue weighted by Crippen LogP contribution is 2.21. The van der Waals surface area contributed by atoms with Gasteiger partial charge in [0, 0.05) is 12.7 Å². The average Bonchev–Trinajstić information content (AvgIpc) is 2.80. The molecule has 0 atom stereocenters. The van der Waals surface area contributed by atoms with E-state index in [9.17, 15) is 0 Å². The van der Waals surface area contributed by atoms with Gasteiger partial charge in [-0.25, -0.2) is 9.97 Å². The first-order valence-corrected chi connectivity index (χ1v) is 6.09. The summed E-state index contributed by atoms with van der Waals surface area (Å²) < 4.78 is 5.25. The predicted octanol–water partition coefficient (Wildman–Crippen LogP) is 2.79. The van der Waals surface area contributed by atoms with Gasteiger partial charge in [0.1, 0.15) is 10.8 Å². The SMILES string of the molecule is CCNc1nccc(SCc2ccco2)n1. The quantitative estimate of drug-likeness (QED) is 0.638. The minimum Gasteiger partial charge on any atom is -0.468 e. The van der Waals surface area contributed by atoms with Gasteiger partial charge in [-0.1, -0.05) is 11.8 Å². The molecule has 2 rings (SSSR count). The molecule has 0 aromatic carbocycles. The van der Waals surface area contributed by atoms with Crippen molar-refractivity contribution in [2.45, 2.75) is 17.7 Å². The van der Waals surface area contributed by atoms with Gasteiger partial charge in [0.25, 0.3) is 0 Å². The Morgan fingerprint density at radius 3 is 3.12 bits per heavy atom. The molecule has 0 bridgehead atoms. The highest BCUT2D eigenvalue weighted by atomic mass is 32.2. The molecule has 2 heterocycles. The summed E-state index contributed by atoms with van der Waals surface area (Å²) in [6.45, 7) is 2.85. The third kappa shape index (κ3) is 3.00. The van der Waals surface area contributed by atoms with Crippen LogP contribution in [0.4, 0.5) is 5.95 Å². The minimum atomic E-state index is 0.673. The summed E-state index contributed by atoms with van der Waals surface area (Å²) in [6, 6.07) is 5.74. The second-order valence-corrected chi connectivity index (χ2v) is 4.11. The monoisotopic (exact) mass is 235 g/mol. The van der Waals surface area contributed by atoms with Crippen molar-refractivity contribution in [3.05, 3.63) is 36.4 Å². The van der Waals surface area contributed by atoms with Gasteiger partial charge in [-0.2, -0.15) is 0 Å². The van der Waals surface area contributed by atoms with Crippen LogP contribution in [0.15, 0.2) is 40.1 Å². The number of nitrogens with one attached hydrogen (secondary N) is 1. The zero-order valence-corrected chi connectivity index (χ0v) is 9.83. The Hall–Kier alpha value is -1.49. The molecule has 0 saturated carbocycles. The van der Waals surface area contributed by atoms with Gasteiger partial charge in [-0.15, -0.1) is 0 Å². The molecular weight excluding hydrogens is 222 g/mol. The lowest BCUT2D eigenvalue weighted by Gasteiger charge is -2.02. The van der Waals surface area contributed by atoms with E-state index in [1.807, 2.05) is 25.1 Å². The van der Waals surface area contributed by atoms with Crippen LogP contribution in [0.1, 0.15) is 12.7 Å². The van der Waals surface area contributed by atoms with Gasteiger partial charge in [0.05, 0.1) is 12.0 Å². The normalized spacial score (nSPS) is 10.3. The van der Waals surface area contributed by atoms with Crippen LogP contribution < -0.4 is 5.32 Å². The van der Waals surface area contributed by atoms with Gasteiger partial charge in [0.2, 0.25) is 5.95 Å². The highest BCUT2D eigenvalue weighted by Gasteiger charge is 2.01. The molecule has 0 aliphatic carbocycles. The van der Waals surface area contributed by atoms with Crippen LogP contribution in [0, 0.1) is 0 Å². The molecule has 84 valence electrons. The first-order chi connectivity index (χ1) is 7.88. The smallest absolute Gasteiger partial charge is 0.223 e. The second kappa shape index (κ2) is 5.55. The van der Waals surface area contributed by atoms with Crippen molar-refractivity contribution in [1.29, 1.82) is 0 Å². The van der Waals surface area contributed by atoms with Crippen LogP contribution in [-0.2, 0) is 5.75 Å². The molecule has 0 spiro atoms. The summed E-state index contributed by atoms with van der Waals surface area (Å²) >= 11 is 1.63. The van der Waals surface area contributed by atoms with E-state index in [2.05, 4.69) is 15.3 Å². The molecular formula is C11H13N3OS. The third-order valence-corrected chi connectivity index (χ3v) is 2.86. The number of furan rings is 1. The number of aromatic nitrogens is 2. The van der Waals surface area contributed by atoms with E-state index in [0.717, 1.165) is 23.1 Å². The molecule has 2 aromatic rings. The fraction of sp³-hybridized carbons (Fsp3) is 0.273. The first-order valence-electron chi connectivity index (χ1n) is 5.10. The average molecular weight is 235 g/mol. The molecule has 0 aliphatic rings. The molecule has 1 N–H and O–H groups in total. The van der Waals surface area contributed by atoms with Crippen molar-refractivity contribution < 1.29 is 4.42 Å². The van der Waals surface area contributed by atoms with Crippen molar-refractivity contribution in [2.75, 3.05) is 11.9 Å². The van der Waals surface area contributed by atoms with E-state index < -0.39 is 0 Å². The predicted molar refractivity (Wildman–Crippen MR) is 64.5 cm³/mol. The van der Waals surface area contributed by atoms with Gasteiger partial charge in [-0.05, 0) is 25.1 Å². The number of thioether (sulfide) groups is 1. The Balaban J connectivity index is 1.96. The molecule has 4 nitrogen and oxygen atoms in total. The third-order valence-electron chi connectivity index (χ3n) is 1.91. The summed E-state index contributed by atoms with van der Waals surface area (Å²) in [7, 11) is 0. The van der Waals surface area contributed by atoms with Crippen molar-refractivity contribution in [1.82, 2.24) is 9.97 Å². The molecule has 0 saturated heterocycles. The lowest BCUT2D eigenvalue weighted by molar-refractivity contribution is 0.530. The number of anilines is 1. The molecule has 0 unspecified atom stereocenters. The van der Waals surface area contributed by atoms with Gasteiger partial charge in [-0.3, -0.25) is 0 Å². The minimum absolute atomic E-state index is 0.673. The largest absolute Gasteiger partial charge is 0.468 e. The van der Waals surface area contributed by atoms with Gasteiger partial charge < -0.3 is 9.73 Å². The molecule has 0 aliphatic heterocycles. The van der Waals surface area contributed by atoms with E-state index in [1.54, 1.807) is 24.2 Å². The Labute approximate surface area is 98.5 Å². The number of rotatable bonds is 5. The zero-order valence-electron chi connectivity index (χ0n) is 9.01. The summed E-state index contributed by atoms with van der Waals surface area (Å²) in [5.41, 5.74) is 0. The topological polar surface area (TPSA) is 51.0 Å². The lowest BCUT2D eigenvalue weighted by Crippen LogP contribution is -2.01. The summed E-state index contributed by atoms with van der Waals surface area (Å²) in [5, 5.41) is 4.03. The Morgan fingerprint density at radius 1 is 1.44 bits per heavy atom. The highest BCUT2D eigenvalue weighted by molar-refractivity contribution is 7.98. The van der Waals surface area contributed by atoms with Crippen LogP contribution in [0.25, 0.3) is 0 Å². The maximum atomic E-state index is 5.25. The van der Waals surface area contributed by atoms with E-state index in [1.165, 1.54) is 0 Å². The Morgan fingerprint density at radius 2 is 2.38 bits per heavy atom. The van der Waals surface area contributed by atoms with E-state index in [0.29, 0.717) is 5.95 Å². The van der Waals surface area contributed by atoms with Crippen LogP contribution in [0.2, 0.25) is 0 Å². The first kappa shape index (κ1) is 11.0. The molecule has 0 radical (unpaired) electrons. The number of nitrogens with zero attached hydrogens (tertiary/aromatic N) is 2. The second-order valence-electron chi connectivity index (χ2n) is 3.12. The molecule has 0 amide bonds. The Bertz CT molecular complexity index is 431. The Kier molecular flexibility index (Phi) is 3.82. The fourth-order valence-corrected chi connectivity index (χ4v) is 1.97. The van der Waals surface area contributed by atoms with Gasteiger partial charge in [0.15, 0.2) is 0 Å². The molecule has 16 heavy (non-hydrogen) atoms. The molecule has 2 aromatic heterocycles. The maximum absolute atomic E-state index is 5.25. The molecule has 0 fully saturated rings. The van der Waals surface area contributed by atoms with E-state index >= 15 is 0 Å². The van der Waals surface area contributed by atoms with Crippen molar-refractivity contribution in [2.24, 2.45) is 0 Å². The van der Waals surface area contributed by atoms with Crippen molar-refractivity contribution in [3.63, 3.8) is 0 Å². The zero-order chi connectivity index (χ0) is 11.2. The van der Waals surface area contributed by atoms with Crippen LogP contribution in [0.3, 0.4) is 0 Å². The van der Waals surface area contributed by atoms with Crippen LogP contribution >= 0.6 is 11.8 Å². The maximum Gasteiger partial charge on any atom is 0.223 e. The van der Waals surface area contributed by atoms with Gasteiger partial charge >= 0.3 is 0 Å². The summed E-state index contributed by atoms with van der Waals surface area (Å²) in [5.74, 6) is 2.41. The number of hydrogen-bond donors (Lipinski definition) is 1. The summed E-state index contributed by atoms with van der Waals surface area (Å²) in [4.78, 5) is 8.48. The van der Waals surface area contributed by atoms with E-state index in [-0.39, 0.29) is 0 Å². The summed E-state index contributed by atoms with van der Waals surface area (Å²) in [6.07, 6.45) is 3.44. The standard InChI is InChI=1S/C11H13N3OS/c1-2-12-11-13-6-5-10(14-11)16-8-9-4-3-7-15-9/h3-7H,2,8H2,1H3,(H,12,13,14).